The number of anilines is 1. The Bertz CT molecular complexity index is 491. The molecule has 0 aromatic heterocycles. The van der Waals surface area contributed by atoms with Gasteiger partial charge in [0.25, 0.3) is 0 Å². The van der Waals surface area contributed by atoms with E-state index < -0.39 is 10.0 Å². The van der Waals surface area contributed by atoms with E-state index in [2.05, 4.69) is 11.6 Å². The fourth-order valence-electron chi connectivity index (χ4n) is 1.62. The molecule has 1 rings (SSSR count). The van der Waals surface area contributed by atoms with Gasteiger partial charge in [-0.25, -0.2) is 8.42 Å². The van der Waals surface area contributed by atoms with Gasteiger partial charge in [-0.3, -0.25) is 9.52 Å². The molecule has 0 spiro atoms. The molecule has 18 heavy (non-hydrogen) atoms. The lowest BCUT2D eigenvalue weighted by Gasteiger charge is -2.05. The number of hydrogen-bond acceptors (Lipinski definition) is 3. The molecule has 0 amide bonds. The number of ketones is 1. The summed E-state index contributed by atoms with van der Waals surface area (Å²) >= 11 is 0. The summed E-state index contributed by atoms with van der Waals surface area (Å²) in [7, 11) is -3.26. The Kier molecular flexibility index (Phi) is 5.34. The topological polar surface area (TPSA) is 63.2 Å². The third-order valence-electron chi connectivity index (χ3n) is 2.52. The third kappa shape index (κ3) is 5.31. The highest BCUT2D eigenvalue weighted by atomic mass is 32.2. The molecule has 0 atom stereocenters. The first-order chi connectivity index (χ1) is 8.42. The number of rotatable bonds is 7. The van der Waals surface area contributed by atoms with Crippen LogP contribution in [0, 0.1) is 0 Å². The van der Waals surface area contributed by atoms with Gasteiger partial charge in [0.05, 0.1) is 6.26 Å². The van der Waals surface area contributed by atoms with Gasteiger partial charge in [0.1, 0.15) is 0 Å². The van der Waals surface area contributed by atoms with E-state index in [1.165, 1.54) is 0 Å². The predicted octanol–water partition coefficient (Wildman–Crippen LogP) is 2.82. The van der Waals surface area contributed by atoms with E-state index in [0.29, 0.717) is 17.7 Å². The number of sulfonamides is 1. The molecule has 0 aliphatic rings. The van der Waals surface area contributed by atoms with E-state index in [0.717, 1.165) is 25.5 Å². The molecule has 0 fully saturated rings. The third-order valence-corrected chi connectivity index (χ3v) is 3.12. The lowest BCUT2D eigenvalue weighted by Crippen LogP contribution is -2.09. The summed E-state index contributed by atoms with van der Waals surface area (Å²) in [5, 5.41) is 0. The van der Waals surface area contributed by atoms with Crippen LogP contribution >= 0.6 is 0 Å². The SMILES string of the molecule is CCCCCC(=O)c1ccc(NS(C)(=O)=O)cc1. The fourth-order valence-corrected chi connectivity index (χ4v) is 2.18. The second-order valence-electron chi connectivity index (χ2n) is 4.33. The molecule has 5 heteroatoms. The minimum absolute atomic E-state index is 0.106. The molecular formula is C13H19NO3S. The monoisotopic (exact) mass is 269 g/mol. The van der Waals surface area contributed by atoms with Crippen molar-refractivity contribution in [2.75, 3.05) is 11.0 Å². The summed E-state index contributed by atoms with van der Waals surface area (Å²) in [6, 6.07) is 6.52. The van der Waals surface area contributed by atoms with Crippen molar-refractivity contribution in [2.24, 2.45) is 0 Å². The summed E-state index contributed by atoms with van der Waals surface area (Å²) in [5.74, 6) is 0.106. The van der Waals surface area contributed by atoms with Crippen LogP contribution in [0.1, 0.15) is 43.0 Å². The standard InChI is InChI=1S/C13H19NO3S/c1-3-4-5-6-13(15)11-7-9-12(10-8-11)14-18(2,16)17/h7-10,14H,3-6H2,1-2H3. The van der Waals surface area contributed by atoms with Gasteiger partial charge in [0.15, 0.2) is 5.78 Å². The van der Waals surface area contributed by atoms with Crippen LogP contribution in [-0.4, -0.2) is 20.5 Å². The van der Waals surface area contributed by atoms with Crippen molar-refractivity contribution in [1.82, 2.24) is 0 Å². The molecule has 1 aromatic rings. The van der Waals surface area contributed by atoms with Crippen LogP contribution < -0.4 is 4.72 Å². The molecule has 100 valence electrons. The van der Waals surface area contributed by atoms with Crippen LogP contribution in [0.2, 0.25) is 0 Å². The Morgan fingerprint density at radius 2 is 1.78 bits per heavy atom. The fraction of sp³-hybridized carbons (Fsp3) is 0.462. The van der Waals surface area contributed by atoms with E-state index >= 15 is 0 Å². The zero-order valence-corrected chi connectivity index (χ0v) is 11.6. The van der Waals surface area contributed by atoms with Crippen LogP contribution in [0.4, 0.5) is 5.69 Å². The average Bonchev–Trinajstić information content (AvgIpc) is 2.28. The van der Waals surface area contributed by atoms with E-state index in [4.69, 9.17) is 0 Å². The van der Waals surface area contributed by atoms with Crippen molar-refractivity contribution in [3.63, 3.8) is 0 Å². The number of unbranched alkanes of at least 4 members (excludes halogenated alkanes) is 2. The predicted molar refractivity (Wildman–Crippen MR) is 73.4 cm³/mol. The second-order valence-corrected chi connectivity index (χ2v) is 6.08. The van der Waals surface area contributed by atoms with Gasteiger partial charge in [-0.2, -0.15) is 0 Å². The molecule has 0 aliphatic heterocycles. The number of nitrogens with one attached hydrogen (secondary N) is 1. The zero-order chi connectivity index (χ0) is 13.6. The van der Waals surface area contributed by atoms with E-state index in [1.807, 2.05) is 0 Å². The van der Waals surface area contributed by atoms with Gasteiger partial charge in [-0.1, -0.05) is 19.8 Å². The van der Waals surface area contributed by atoms with Crippen LogP contribution in [0.3, 0.4) is 0 Å². The molecule has 0 unspecified atom stereocenters. The first-order valence-corrected chi connectivity index (χ1v) is 7.92. The molecule has 0 radical (unpaired) electrons. The highest BCUT2D eigenvalue weighted by molar-refractivity contribution is 7.92. The first-order valence-electron chi connectivity index (χ1n) is 6.03. The number of carbonyl (C=O) groups excluding carboxylic acids is 1. The lowest BCUT2D eigenvalue weighted by molar-refractivity contribution is 0.0979. The van der Waals surface area contributed by atoms with Crippen LogP contribution in [0.25, 0.3) is 0 Å². The minimum Gasteiger partial charge on any atom is -0.294 e. The normalized spacial score (nSPS) is 11.2. The molecule has 0 heterocycles. The molecule has 1 N–H and O–H groups in total. The summed E-state index contributed by atoms with van der Waals surface area (Å²) in [6.07, 6.45) is 4.69. The van der Waals surface area contributed by atoms with Crippen molar-refractivity contribution in [2.45, 2.75) is 32.6 Å². The number of Topliss-reactive ketones (excluding diaryl/α,β-unsaturated/α-hetero) is 1. The maximum absolute atomic E-state index is 11.8. The van der Waals surface area contributed by atoms with Crippen molar-refractivity contribution < 1.29 is 13.2 Å². The quantitative estimate of drug-likeness (QED) is 0.611. The summed E-state index contributed by atoms with van der Waals surface area (Å²) in [5.41, 5.74) is 1.10. The van der Waals surface area contributed by atoms with E-state index in [9.17, 15) is 13.2 Å². The summed E-state index contributed by atoms with van der Waals surface area (Å²) < 4.78 is 24.4. The van der Waals surface area contributed by atoms with Gasteiger partial charge in [0.2, 0.25) is 10.0 Å². The van der Waals surface area contributed by atoms with Crippen molar-refractivity contribution in [3.8, 4) is 0 Å². The Hall–Kier alpha value is -1.36. The lowest BCUT2D eigenvalue weighted by atomic mass is 10.0. The van der Waals surface area contributed by atoms with Gasteiger partial charge < -0.3 is 0 Å². The highest BCUT2D eigenvalue weighted by Gasteiger charge is 2.06. The molecular weight excluding hydrogens is 250 g/mol. The van der Waals surface area contributed by atoms with E-state index in [-0.39, 0.29) is 5.78 Å². The van der Waals surface area contributed by atoms with Gasteiger partial charge in [0, 0.05) is 17.7 Å². The van der Waals surface area contributed by atoms with Gasteiger partial charge in [-0.15, -0.1) is 0 Å². The second kappa shape index (κ2) is 6.54. The Morgan fingerprint density at radius 1 is 1.17 bits per heavy atom. The molecule has 0 aliphatic carbocycles. The van der Waals surface area contributed by atoms with Crippen molar-refractivity contribution in [3.05, 3.63) is 29.8 Å². The van der Waals surface area contributed by atoms with Gasteiger partial charge >= 0.3 is 0 Å². The van der Waals surface area contributed by atoms with Crippen LogP contribution in [0.5, 0.6) is 0 Å². The molecule has 0 saturated heterocycles. The number of carbonyl (C=O) groups is 1. The molecule has 0 saturated carbocycles. The number of benzene rings is 1. The maximum Gasteiger partial charge on any atom is 0.229 e. The summed E-state index contributed by atoms with van der Waals surface area (Å²) in [4.78, 5) is 11.8. The maximum atomic E-state index is 11.8. The Balaban J connectivity index is 2.62. The number of hydrogen-bond donors (Lipinski definition) is 1. The van der Waals surface area contributed by atoms with E-state index in [1.54, 1.807) is 24.3 Å². The Morgan fingerprint density at radius 3 is 2.28 bits per heavy atom. The average molecular weight is 269 g/mol. The molecule has 4 nitrogen and oxygen atoms in total. The van der Waals surface area contributed by atoms with Gasteiger partial charge in [-0.05, 0) is 30.7 Å². The van der Waals surface area contributed by atoms with Crippen LogP contribution in [0.15, 0.2) is 24.3 Å². The molecule has 0 bridgehead atoms. The first kappa shape index (κ1) is 14.7. The Labute approximate surface area is 108 Å². The largest absolute Gasteiger partial charge is 0.294 e. The highest BCUT2D eigenvalue weighted by Crippen LogP contribution is 2.13. The summed E-state index contributed by atoms with van der Waals surface area (Å²) in [6.45, 7) is 2.09. The minimum atomic E-state index is -3.26. The van der Waals surface area contributed by atoms with Crippen molar-refractivity contribution in [1.29, 1.82) is 0 Å². The van der Waals surface area contributed by atoms with Crippen molar-refractivity contribution >= 4 is 21.5 Å². The smallest absolute Gasteiger partial charge is 0.229 e. The zero-order valence-electron chi connectivity index (χ0n) is 10.8. The molecule has 1 aromatic carbocycles. The van der Waals surface area contributed by atoms with Crippen LogP contribution in [-0.2, 0) is 10.0 Å².